The summed E-state index contributed by atoms with van der Waals surface area (Å²) in [5.74, 6) is 0.853. The van der Waals surface area contributed by atoms with Crippen LogP contribution in [-0.4, -0.2) is 4.98 Å². The third kappa shape index (κ3) is 3.32. The first-order valence-corrected chi connectivity index (χ1v) is 6.56. The molecule has 0 fully saturated rings. The molecule has 0 saturated carbocycles. The van der Waals surface area contributed by atoms with Crippen LogP contribution in [0.1, 0.15) is 5.69 Å². The van der Waals surface area contributed by atoms with Gasteiger partial charge in [-0.1, -0.05) is 17.7 Å². The van der Waals surface area contributed by atoms with E-state index in [9.17, 15) is 0 Å². The van der Waals surface area contributed by atoms with E-state index in [4.69, 9.17) is 16.3 Å². The molecular formula is C10H7ClINOS. The lowest BCUT2D eigenvalue weighted by Crippen LogP contribution is -1.95. The fourth-order valence-corrected chi connectivity index (χ4v) is 2.34. The number of halogens is 2. The molecule has 0 aliphatic rings. The average Bonchev–Trinajstić information content (AvgIpc) is 2.62. The molecule has 2 aromatic rings. The van der Waals surface area contributed by atoms with E-state index in [0.29, 0.717) is 11.1 Å². The van der Waals surface area contributed by atoms with Gasteiger partial charge in [0.05, 0.1) is 5.69 Å². The van der Waals surface area contributed by atoms with Gasteiger partial charge < -0.3 is 4.74 Å². The lowest BCUT2D eigenvalue weighted by molar-refractivity contribution is 0.302. The van der Waals surface area contributed by atoms with Crippen LogP contribution in [0.2, 0.25) is 4.47 Å². The lowest BCUT2D eigenvalue weighted by atomic mass is 10.3. The first-order valence-electron chi connectivity index (χ1n) is 4.22. The largest absolute Gasteiger partial charge is 0.487 e. The Hall–Kier alpha value is -0.330. The second kappa shape index (κ2) is 5.14. The maximum Gasteiger partial charge on any atom is 0.183 e. The van der Waals surface area contributed by atoms with Crippen molar-refractivity contribution in [3.05, 3.63) is 43.4 Å². The average molecular weight is 352 g/mol. The number of hydrogen-bond donors (Lipinski definition) is 0. The van der Waals surface area contributed by atoms with E-state index in [1.165, 1.54) is 11.3 Å². The molecule has 0 atom stereocenters. The maximum absolute atomic E-state index is 5.72. The van der Waals surface area contributed by atoms with Crippen LogP contribution in [0, 0.1) is 3.57 Å². The number of aromatic nitrogens is 1. The summed E-state index contributed by atoms with van der Waals surface area (Å²) in [5.41, 5.74) is 0.865. The van der Waals surface area contributed by atoms with Crippen molar-refractivity contribution in [1.29, 1.82) is 0 Å². The van der Waals surface area contributed by atoms with Gasteiger partial charge >= 0.3 is 0 Å². The molecule has 0 aliphatic carbocycles. The van der Waals surface area contributed by atoms with Crippen LogP contribution in [0.5, 0.6) is 5.75 Å². The van der Waals surface area contributed by atoms with Crippen LogP contribution in [0.25, 0.3) is 0 Å². The van der Waals surface area contributed by atoms with Crippen molar-refractivity contribution in [2.75, 3.05) is 0 Å². The number of thiazole rings is 1. The highest BCUT2D eigenvalue weighted by Gasteiger charge is 2.00. The number of ether oxygens (including phenoxy) is 1. The van der Waals surface area contributed by atoms with E-state index >= 15 is 0 Å². The molecular weight excluding hydrogens is 345 g/mol. The van der Waals surface area contributed by atoms with Crippen LogP contribution >= 0.6 is 45.5 Å². The zero-order valence-corrected chi connectivity index (χ0v) is 11.3. The molecule has 15 heavy (non-hydrogen) atoms. The summed E-state index contributed by atoms with van der Waals surface area (Å²) in [5, 5.41) is 1.90. The molecule has 5 heteroatoms. The van der Waals surface area contributed by atoms with Crippen molar-refractivity contribution in [3.63, 3.8) is 0 Å². The Bertz CT molecular complexity index is 460. The highest BCUT2D eigenvalue weighted by molar-refractivity contribution is 14.1. The first-order chi connectivity index (χ1) is 7.24. The molecule has 0 aliphatic heterocycles. The molecule has 1 heterocycles. The summed E-state index contributed by atoms with van der Waals surface area (Å²) in [6.45, 7) is 0.462. The second-order valence-corrected chi connectivity index (χ2v) is 5.52. The van der Waals surface area contributed by atoms with E-state index in [0.717, 1.165) is 15.0 Å². The van der Waals surface area contributed by atoms with Gasteiger partial charge in [-0.25, -0.2) is 4.98 Å². The van der Waals surface area contributed by atoms with Gasteiger partial charge in [0.1, 0.15) is 12.4 Å². The first kappa shape index (κ1) is 11.2. The zero-order chi connectivity index (χ0) is 10.7. The summed E-state index contributed by atoms with van der Waals surface area (Å²) >= 11 is 9.38. The van der Waals surface area contributed by atoms with Gasteiger partial charge in [-0.15, -0.1) is 11.3 Å². The van der Waals surface area contributed by atoms with Gasteiger partial charge in [-0.3, -0.25) is 0 Å². The van der Waals surface area contributed by atoms with Crippen molar-refractivity contribution in [1.82, 2.24) is 4.98 Å². The number of hydrogen-bond acceptors (Lipinski definition) is 3. The SMILES string of the molecule is Clc1nc(COc2cccc(I)c2)cs1. The van der Waals surface area contributed by atoms with Crippen LogP contribution in [0.4, 0.5) is 0 Å². The van der Waals surface area contributed by atoms with Gasteiger partial charge in [0.2, 0.25) is 0 Å². The van der Waals surface area contributed by atoms with Crippen molar-refractivity contribution >= 4 is 45.5 Å². The van der Waals surface area contributed by atoms with E-state index in [2.05, 4.69) is 27.6 Å². The van der Waals surface area contributed by atoms with E-state index < -0.39 is 0 Å². The Balaban J connectivity index is 1.99. The summed E-state index contributed by atoms with van der Waals surface area (Å²) in [4.78, 5) is 4.11. The van der Waals surface area contributed by atoms with Gasteiger partial charge in [0.15, 0.2) is 4.47 Å². The van der Waals surface area contributed by atoms with Crippen LogP contribution in [-0.2, 0) is 6.61 Å². The van der Waals surface area contributed by atoms with Crippen molar-refractivity contribution in [3.8, 4) is 5.75 Å². The minimum Gasteiger partial charge on any atom is -0.487 e. The Labute approximate surface area is 110 Å². The summed E-state index contributed by atoms with van der Waals surface area (Å²) in [6, 6.07) is 7.89. The zero-order valence-electron chi connectivity index (χ0n) is 7.61. The molecule has 0 saturated heterocycles. The molecule has 0 bridgehead atoms. The van der Waals surface area contributed by atoms with Gasteiger partial charge in [0, 0.05) is 8.95 Å². The van der Waals surface area contributed by atoms with Crippen molar-refractivity contribution in [2.24, 2.45) is 0 Å². The van der Waals surface area contributed by atoms with E-state index in [1.54, 1.807) is 0 Å². The smallest absolute Gasteiger partial charge is 0.183 e. The summed E-state index contributed by atoms with van der Waals surface area (Å²) in [6.07, 6.45) is 0. The predicted octanol–water partition coefficient (Wildman–Crippen LogP) is 3.98. The standard InChI is InChI=1S/C10H7ClINOS/c11-10-13-8(6-15-10)5-14-9-3-1-2-7(12)4-9/h1-4,6H,5H2. The van der Waals surface area contributed by atoms with Gasteiger partial charge in [0.25, 0.3) is 0 Å². The fourth-order valence-electron chi connectivity index (χ4n) is 1.06. The second-order valence-electron chi connectivity index (χ2n) is 2.84. The predicted molar refractivity (Wildman–Crippen MR) is 70.6 cm³/mol. The quantitative estimate of drug-likeness (QED) is 0.780. The maximum atomic E-state index is 5.72. The minimum atomic E-state index is 0.462. The number of nitrogens with zero attached hydrogens (tertiary/aromatic N) is 1. The van der Waals surface area contributed by atoms with Gasteiger partial charge in [-0.05, 0) is 40.8 Å². The number of benzene rings is 1. The molecule has 1 aromatic heterocycles. The Morgan fingerprint density at radius 1 is 1.47 bits per heavy atom. The monoisotopic (exact) mass is 351 g/mol. The highest BCUT2D eigenvalue weighted by atomic mass is 127. The topological polar surface area (TPSA) is 22.1 Å². The molecule has 0 radical (unpaired) electrons. The van der Waals surface area contributed by atoms with Crippen molar-refractivity contribution in [2.45, 2.75) is 6.61 Å². The fraction of sp³-hybridized carbons (Fsp3) is 0.100. The molecule has 0 amide bonds. The molecule has 2 nitrogen and oxygen atoms in total. The summed E-state index contributed by atoms with van der Waals surface area (Å²) < 4.78 is 7.27. The molecule has 2 rings (SSSR count). The number of rotatable bonds is 3. The van der Waals surface area contributed by atoms with E-state index in [-0.39, 0.29) is 0 Å². The normalized spacial score (nSPS) is 10.3. The minimum absolute atomic E-state index is 0.462. The highest BCUT2D eigenvalue weighted by Crippen LogP contribution is 2.19. The molecule has 1 aromatic carbocycles. The summed E-state index contributed by atoms with van der Waals surface area (Å²) in [7, 11) is 0. The third-order valence-electron chi connectivity index (χ3n) is 1.71. The lowest BCUT2D eigenvalue weighted by Gasteiger charge is -2.03. The molecule has 0 unspecified atom stereocenters. The Morgan fingerprint density at radius 3 is 3.00 bits per heavy atom. The van der Waals surface area contributed by atoms with Crippen LogP contribution < -0.4 is 4.74 Å². The Morgan fingerprint density at radius 2 is 2.33 bits per heavy atom. The van der Waals surface area contributed by atoms with Crippen LogP contribution in [0.3, 0.4) is 0 Å². The van der Waals surface area contributed by atoms with Gasteiger partial charge in [-0.2, -0.15) is 0 Å². The molecule has 0 spiro atoms. The Kier molecular flexibility index (Phi) is 3.82. The molecule has 0 N–H and O–H groups in total. The van der Waals surface area contributed by atoms with E-state index in [1.807, 2.05) is 29.6 Å². The van der Waals surface area contributed by atoms with Crippen LogP contribution in [0.15, 0.2) is 29.6 Å². The van der Waals surface area contributed by atoms with Crippen molar-refractivity contribution < 1.29 is 4.74 Å². The third-order valence-corrected chi connectivity index (χ3v) is 3.40. The molecule has 78 valence electrons.